The van der Waals surface area contributed by atoms with Gasteiger partial charge in [0.2, 0.25) is 0 Å². The first kappa shape index (κ1) is 10.8. The molecule has 1 aromatic heterocycles. The van der Waals surface area contributed by atoms with E-state index in [0.29, 0.717) is 0 Å². The monoisotopic (exact) mass is 252 g/mol. The van der Waals surface area contributed by atoms with Crippen molar-refractivity contribution < 1.29 is 23.3 Å². The van der Waals surface area contributed by atoms with E-state index < -0.39 is 0 Å². The van der Waals surface area contributed by atoms with Gasteiger partial charge in [-0.15, -0.1) is 28.1 Å². The molecule has 0 aliphatic heterocycles. The molecule has 0 aliphatic rings. The first-order valence-corrected chi connectivity index (χ1v) is 5.12. The molecular weight excluding hydrogens is 247 g/mol. The van der Waals surface area contributed by atoms with E-state index in [1.165, 1.54) is 0 Å². The van der Waals surface area contributed by atoms with E-state index >= 15 is 0 Å². The van der Waals surface area contributed by atoms with Gasteiger partial charge >= 0.3 is 18.9 Å². The van der Waals surface area contributed by atoms with Crippen molar-refractivity contribution in [2.45, 2.75) is 0 Å². The number of benzene rings is 2. The second-order valence-electron chi connectivity index (χ2n) is 3.16. The van der Waals surface area contributed by atoms with Gasteiger partial charge in [0.15, 0.2) is 0 Å². The molecule has 1 nitrogen and oxygen atoms in total. The first-order valence-electron chi connectivity index (χ1n) is 4.33. The Kier molecular flexibility index (Phi) is 2.93. The molecule has 1 heterocycles. The molecule has 0 unspecified atom stereocenters. The fraction of sp³-hybridized carbons (Fsp3) is 0. The SMILES string of the molecule is Brc1c[c-]c2oc3ccccc3c2c1.[Li+]. The molecule has 0 N–H and O–H groups in total. The van der Waals surface area contributed by atoms with Crippen molar-refractivity contribution in [2.24, 2.45) is 0 Å². The van der Waals surface area contributed by atoms with Crippen LogP contribution in [0.2, 0.25) is 0 Å². The maximum atomic E-state index is 5.63. The smallest absolute Gasteiger partial charge is 0.483 e. The number of fused-ring (bicyclic) bond motifs is 3. The van der Waals surface area contributed by atoms with Crippen LogP contribution in [-0.2, 0) is 0 Å². The quantitative estimate of drug-likeness (QED) is 0.432. The van der Waals surface area contributed by atoms with Crippen LogP contribution in [0.25, 0.3) is 21.9 Å². The van der Waals surface area contributed by atoms with Crippen LogP contribution in [0, 0.1) is 6.07 Å². The molecule has 0 amide bonds. The van der Waals surface area contributed by atoms with Crippen LogP contribution in [0.1, 0.15) is 0 Å². The summed E-state index contributed by atoms with van der Waals surface area (Å²) in [6.07, 6.45) is 0. The van der Waals surface area contributed by atoms with E-state index in [4.69, 9.17) is 4.42 Å². The third-order valence-electron chi connectivity index (χ3n) is 2.26. The van der Waals surface area contributed by atoms with Crippen molar-refractivity contribution in [3.63, 3.8) is 0 Å². The maximum absolute atomic E-state index is 5.63. The number of para-hydroxylation sites is 1. The minimum absolute atomic E-state index is 0. The number of hydrogen-bond donors (Lipinski definition) is 0. The number of furan rings is 1. The largest absolute Gasteiger partial charge is 1.00 e. The van der Waals surface area contributed by atoms with Crippen LogP contribution in [-0.4, -0.2) is 0 Å². The summed E-state index contributed by atoms with van der Waals surface area (Å²) < 4.78 is 6.66. The summed E-state index contributed by atoms with van der Waals surface area (Å²) in [5.74, 6) is 0. The van der Waals surface area contributed by atoms with Crippen LogP contribution in [0.15, 0.2) is 45.3 Å². The van der Waals surface area contributed by atoms with Crippen LogP contribution >= 0.6 is 15.9 Å². The Hall–Kier alpha value is -0.683. The fourth-order valence-corrected chi connectivity index (χ4v) is 1.97. The normalized spacial score (nSPS) is 10.5. The summed E-state index contributed by atoms with van der Waals surface area (Å²) >= 11 is 3.43. The minimum Gasteiger partial charge on any atom is -0.483 e. The van der Waals surface area contributed by atoms with Crippen molar-refractivity contribution in [2.75, 3.05) is 0 Å². The second kappa shape index (κ2) is 4.06. The summed E-state index contributed by atoms with van der Waals surface area (Å²) in [4.78, 5) is 0. The van der Waals surface area contributed by atoms with Crippen LogP contribution in [0.4, 0.5) is 0 Å². The second-order valence-corrected chi connectivity index (χ2v) is 4.07. The molecular formula is C12H6BrLiO. The summed E-state index contributed by atoms with van der Waals surface area (Å²) in [7, 11) is 0. The zero-order chi connectivity index (χ0) is 9.54. The van der Waals surface area contributed by atoms with E-state index in [9.17, 15) is 0 Å². The third-order valence-corrected chi connectivity index (χ3v) is 2.72. The van der Waals surface area contributed by atoms with Gasteiger partial charge in [-0.3, -0.25) is 0 Å². The van der Waals surface area contributed by atoms with Crippen molar-refractivity contribution in [3.05, 3.63) is 46.9 Å². The average Bonchev–Trinajstić information content (AvgIpc) is 2.56. The third kappa shape index (κ3) is 1.74. The summed E-state index contributed by atoms with van der Waals surface area (Å²) in [5, 5.41) is 2.25. The molecule has 0 fully saturated rings. The molecule has 0 saturated carbocycles. The Labute approximate surface area is 108 Å². The molecule has 2 aromatic carbocycles. The van der Waals surface area contributed by atoms with E-state index in [1.807, 2.05) is 24.3 Å². The summed E-state index contributed by atoms with van der Waals surface area (Å²) in [6, 6.07) is 15.0. The molecule has 0 aliphatic carbocycles. The van der Waals surface area contributed by atoms with Gasteiger partial charge in [-0.05, 0) is 11.5 Å². The Morgan fingerprint density at radius 2 is 1.93 bits per heavy atom. The number of halogens is 1. The van der Waals surface area contributed by atoms with E-state index in [1.54, 1.807) is 0 Å². The van der Waals surface area contributed by atoms with Crippen LogP contribution < -0.4 is 18.9 Å². The topological polar surface area (TPSA) is 13.1 Å². The predicted molar refractivity (Wildman–Crippen MR) is 60.3 cm³/mol. The van der Waals surface area contributed by atoms with Crippen molar-refractivity contribution in [1.29, 1.82) is 0 Å². The minimum atomic E-state index is 0. The Morgan fingerprint density at radius 1 is 1.13 bits per heavy atom. The van der Waals surface area contributed by atoms with Crippen molar-refractivity contribution in [3.8, 4) is 0 Å². The maximum Gasteiger partial charge on any atom is 1.00 e. The molecule has 0 radical (unpaired) electrons. The molecule has 68 valence electrons. The Balaban J connectivity index is 0.000000853. The number of rotatable bonds is 0. The van der Waals surface area contributed by atoms with Gasteiger partial charge in [-0.1, -0.05) is 28.1 Å². The van der Waals surface area contributed by atoms with Gasteiger partial charge in [-0.25, -0.2) is 0 Å². The van der Waals surface area contributed by atoms with Crippen molar-refractivity contribution in [1.82, 2.24) is 0 Å². The van der Waals surface area contributed by atoms with Gasteiger partial charge < -0.3 is 4.42 Å². The van der Waals surface area contributed by atoms with Gasteiger partial charge in [0, 0.05) is 5.58 Å². The number of hydrogen-bond acceptors (Lipinski definition) is 1. The first-order chi connectivity index (χ1) is 6.84. The van der Waals surface area contributed by atoms with E-state index in [-0.39, 0.29) is 18.9 Å². The summed E-state index contributed by atoms with van der Waals surface area (Å²) in [5.41, 5.74) is 1.73. The summed E-state index contributed by atoms with van der Waals surface area (Å²) in [6.45, 7) is 0. The zero-order valence-corrected chi connectivity index (χ0v) is 9.84. The van der Waals surface area contributed by atoms with E-state index in [0.717, 1.165) is 26.4 Å². The zero-order valence-electron chi connectivity index (χ0n) is 8.25. The van der Waals surface area contributed by atoms with Crippen LogP contribution in [0.5, 0.6) is 0 Å². The molecule has 3 rings (SSSR count). The van der Waals surface area contributed by atoms with Gasteiger partial charge in [-0.2, -0.15) is 6.07 Å². The molecule has 0 saturated heterocycles. The van der Waals surface area contributed by atoms with E-state index in [2.05, 4.69) is 34.1 Å². The van der Waals surface area contributed by atoms with Gasteiger partial charge in [0.1, 0.15) is 5.58 Å². The Morgan fingerprint density at radius 3 is 2.80 bits per heavy atom. The molecule has 3 aromatic rings. The predicted octanol–water partition coefficient (Wildman–Crippen LogP) is 1.15. The molecule has 15 heavy (non-hydrogen) atoms. The fourth-order valence-electron chi connectivity index (χ4n) is 1.63. The molecule has 0 atom stereocenters. The van der Waals surface area contributed by atoms with Gasteiger partial charge in [0.05, 0.1) is 0 Å². The van der Waals surface area contributed by atoms with Crippen LogP contribution in [0.3, 0.4) is 0 Å². The standard InChI is InChI=1S/C12H6BrO.Li/c13-8-5-6-12-10(7-8)9-3-1-2-4-11(9)14-12;/h1-5,7H;/q-1;+1. The van der Waals surface area contributed by atoms with Crippen molar-refractivity contribution >= 4 is 37.9 Å². The molecule has 0 bridgehead atoms. The Bertz CT molecular complexity index is 615. The molecule has 0 spiro atoms. The molecule has 3 heteroatoms. The van der Waals surface area contributed by atoms with Gasteiger partial charge in [0.25, 0.3) is 0 Å². The average molecular weight is 253 g/mol.